The van der Waals surface area contributed by atoms with Crippen molar-refractivity contribution in [1.29, 1.82) is 0 Å². The smallest absolute Gasteiger partial charge is 0.196 e. The summed E-state index contributed by atoms with van der Waals surface area (Å²) in [6.07, 6.45) is 3.84. The Kier molecular flexibility index (Phi) is 3.75. The molecule has 2 aromatic rings. The summed E-state index contributed by atoms with van der Waals surface area (Å²) >= 11 is 0. The first-order chi connectivity index (χ1) is 9.06. The minimum absolute atomic E-state index is 0.621. The van der Waals surface area contributed by atoms with Crippen molar-refractivity contribution < 1.29 is 4.57 Å². The quantitative estimate of drug-likeness (QED) is 0.521. The fourth-order valence-electron chi connectivity index (χ4n) is 1.65. The molecule has 0 spiro atoms. The number of aryl methyl sites for hydroxylation is 1. The zero-order valence-electron chi connectivity index (χ0n) is 11.4. The van der Waals surface area contributed by atoms with Gasteiger partial charge in [0.15, 0.2) is 12.4 Å². The van der Waals surface area contributed by atoms with Crippen molar-refractivity contribution in [3.63, 3.8) is 0 Å². The molecule has 2 N–H and O–H groups in total. The van der Waals surface area contributed by atoms with Crippen LogP contribution < -0.4 is 15.2 Å². The molecule has 0 radical (unpaired) electrons. The van der Waals surface area contributed by atoms with Gasteiger partial charge in [-0.15, -0.1) is 10.2 Å². The highest BCUT2D eigenvalue weighted by Gasteiger charge is 2.02. The number of hydrogen-bond donors (Lipinski definition) is 1. The molecule has 0 aliphatic carbocycles. The number of nitrogen functional groups attached to an aromatic ring is 1. The van der Waals surface area contributed by atoms with Crippen LogP contribution in [-0.4, -0.2) is 14.1 Å². The minimum Gasteiger partial charge on any atom is -0.397 e. The first-order valence-corrected chi connectivity index (χ1v) is 6.00. The number of hydrogen-bond acceptors (Lipinski definition) is 4. The van der Waals surface area contributed by atoms with Crippen LogP contribution in [0.2, 0.25) is 0 Å². The van der Waals surface area contributed by atoms with E-state index in [1.54, 1.807) is 0 Å². The third kappa shape index (κ3) is 3.28. The largest absolute Gasteiger partial charge is 0.397 e. The maximum Gasteiger partial charge on any atom is 0.196 e. The zero-order chi connectivity index (χ0) is 13.8. The molecule has 0 aliphatic rings. The maximum absolute atomic E-state index is 5.97. The molecule has 98 valence electrons. The molecule has 5 heteroatoms. The Bertz CT molecular complexity index is 605. The summed E-state index contributed by atoms with van der Waals surface area (Å²) in [4.78, 5) is 1.99. The highest BCUT2D eigenvalue weighted by molar-refractivity contribution is 5.69. The second-order valence-corrected chi connectivity index (χ2v) is 4.57. The molecule has 0 atom stereocenters. The van der Waals surface area contributed by atoms with Gasteiger partial charge in [-0.3, -0.25) is 0 Å². The van der Waals surface area contributed by atoms with Gasteiger partial charge in [0, 0.05) is 25.8 Å². The molecule has 0 unspecified atom stereocenters. The minimum atomic E-state index is 0.621. The van der Waals surface area contributed by atoms with Crippen molar-refractivity contribution in [2.24, 2.45) is 17.3 Å². The first kappa shape index (κ1) is 13.0. The lowest BCUT2D eigenvalue weighted by molar-refractivity contribution is -0.670. The van der Waals surface area contributed by atoms with Gasteiger partial charge >= 0.3 is 0 Å². The van der Waals surface area contributed by atoms with Gasteiger partial charge in [-0.1, -0.05) is 0 Å². The third-order valence-corrected chi connectivity index (χ3v) is 2.72. The Balaban J connectivity index is 2.24. The molecule has 0 amide bonds. The molecule has 0 saturated carbocycles. The van der Waals surface area contributed by atoms with Crippen molar-refractivity contribution in [2.75, 3.05) is 24.7 Å². The Labute approximate surface area is 113 Å². The van der Waals surface area contributed by atoms with Gasteiger partial charge in [0.25, 0.3) is 0 Å². The van der Waals surface area contributed by atoms with Crippen LogP contribution >= 0.6 is 0 Å². The van der Waals surface area contributed by atoms with Crippen LogP contribution in [-0.2, 0) is 7.05 Å². The third-order valence-electron chi connectivity index (χ3n) is 2.72. The summed E-state index contributed by atoms with van der Waals surface area (Å²) in [5.41, 5.74) is 9.10. The first-order valence-electron chi connectivity index (χ1n) is 6.00. The summed E-state index contributed by atoms with van der Waals surface area (Å²) in [6, 6.07) is 9.55. The maximum atomic E-state index is 5.97. The summed E-state index contributed by atoms with van der Waals surface area (Å²) in [5.74, 6) is 0. The highest BCUT2D eigenvalue weighted by Crippen LogP contribution is 2.28. The van der Waals surface area contributed by atoms with Crippen LogP contribution in [0.15, 0.2) is 53.0 Å². The molecule has 0 bridgehead atoms. The van der Waals surface area contributed by atoms with Crippen molar-refractivity contribution in [3.05, 3.63) is 42.7 Å². The number of pyridine rings is 1. The predicted molar refractivity (Wildman–Crippen MR) is 77.0 cm³/mol. The molecular formula is C14H18N5+. The van der Waals surface area contributed by atoms with E-state index in [9.17, 15) is 0 Å². The normalized spacial score (nSPS) is 10.9. The lowest BCUT2D eigenvalue weighted by atomic mass is 10.2. The molecule has 0 fully saturated rings. The van der Waals surface area contributed by atoms with Gasteiger partial charge in [-0.05, 0) is 24.3 Å². The average Bonchev–Trinajstić information content (AvgIpc) is 2.37. The molecule has 2 rings (SSSR count). The molecule has 0 saturated heterocycles. The standard InChI is InChI=1S/C14H18N5/c1-18(2)12-6-7-14(13(15)9-12)17-16-11-5-4-8-19(3)10-11/h4-10H,15H2,1-3H3/q+1. The van der Waals surface area contributed by atoms with E-state index in [1.807, 2.05) is 73.3 Å². The highest BCUT2D eigenvalue weighted by atomic mass is 15.1. The van der Waals surface area contributed by atoms with Gasteiger partial charge in [0.2, 0.25) is 0 Å². The number of benzene rings is 1. The van der Waals surface area contributed by atoms with E-state index in [4.69, 9.17) is 5.73 Å². The van der Waals surface area contributed by atoms with Gasteiger partial charge in [0.1, 0.15) is 18.4 Å². The van der Waals surface area contributed by atoms with Crippen molar-refractivity contribution in [1.82, 2.24) is 0 Å². The van der Waals surface area contributed by atoms with Crippen LogP contribution in [0.25, 0.3) is 0 Å². The monoisotopic (exact) mass is 256 g/mol. The number of nitrogens with two attached hydrogens (primary N) is 1. The molecule has 19 heavy (non-hydrogen) atoms. The number of anilines is 2. The van der Waals surface area contributed by atoms with Crippen molar-refractivity contribution in [2.45, 2.75) is 0 Å². The van der Waals surface area contributed by atoms with E-state index in [0.29, 0.717) is 11.4 Å². The SMILES string of the molecule is CN(C)c1ccc(N=Nc2ccc[n+](C)c2)c(N)c1. The fraction of sp³-hybridized carbons (Fsp3) is 0.214. The Morgan fingerprint density at radius 3 is 2.58 bits per heavy atom. The van der Waals surface area contributed by atoms with E-state index >= 15 is 0 Å². The number of azo groups is 1. The second-order valence-electron chi connectivity index (χ2n) is 4.57. The Morgan fingerprint density at radius 1 is 1.16 bits per heavy atom. The number of nitrogens with zero attached hydrogens (tertiary/aromatic N) is 4. The average molecular weight is 256 g/mol. The van der Waals surface area contributed by atoms with Crippen LogP contribution in [0, 0.1) is 0 Å². The van der Waals surface area contributed by atoms with Crippen molar-refractivity contribution in [3.8, 4) is 0 Å². The topological polar surface area (TPSA) is 57.9 Å². The van der Waals surface area contributed by atoms with Gasteiger partial charge in [-0.25, -0.2) is 4.57 Å². The van der Waals surface area contributed by atoms with E-state index in [0.717, 1.165) is 11.4 Å². The summed E-state index contributed by atoms with van der Waals surface area (Å²) in [7, 11) is 5.89. The summed E-state index contributed by atoms with van der Waals surface area (Å²) in [5, 5.41) is 8.37. The molecule has 5 nitrogen and oxygen atoms in total. The van der Waals surface area contributed by atoms with Gasteiger partial charge < -0.3 is 10.6 Å². The number of aromatic nitrogens is 1. The van der Waals surface area contributed by atoms with Crippen molar-refractivity contribution >= 4 is 22.7 Å². The summed E-state index contributed by atoms with van der Waals surface area (Å²) in [6.45, 7) is 0. The van der Waals surface area contributed by atoms with E-state index in [2.05, 4.69) is 10.2 Å². The van der Waals surface area contributed by atoms with Gasteiger partial charge in [0.05, 0.1) is 5.69 Å². The Hall–Kier alpha value is -2.43. The van der Waals surface area contributed by atoms with Crippen LogP contribution in [0.4, 0.5) is 22.7 Å². The number of rotatable bonds is 3. The lowest BCUT2D eigenvalue weighted by Crippen LogP contribution is -2.25. The molecule has 1 aromatic carbocycles. The molecular weight excluding hydrogens is 238 g/mol. The van der Waals surface area contributed by atoms with Crippen LogP contribution in [0.3, 0.4) is 0 Å². The predicted octanol–water partition coefficient (Wildman–Crippen LogP) is 2.57. The van der Waals surface area contributed by atoms with E-state index in [-0.39, 0.29) is 0 Å². The lowest BCUT2D eigenvalue weighted by Gasteiger charge is -2.13. The van der Waals surface area contributed by atoms with Gasteiger partial charge in [-0.2, -0.15) is 0 Å². The zero-order valence-corrected chi connectivity index (χ0v) is 11.4. The molecule has 1 heterocycles. The Morgan fingerprint density at radius 2 is 1.95 bits per heavy atom. The fourth-order valence-corrected chi connectivity index (χ4v) is 1.65. The summed E-state index contributed by atoms with van der Waals surface area (Å²) < 4.78 is 1.92. The molecule has 1 aromatic heterocycles. The molecule has 0 aliphatic heterocycles. The van der Waals surface area contributed by atoms with Crippen LogP contribution in [0.5, 0.6) is 0 Å². The second kappa shape index (κ2) is 5.48. The van der Waals surface area contributed by atoms with Crippen LogP contribution in [0.1, 0.15) is 0 Å². The van der Waals surface area contributed by atoms with E-state index in [1.165, 1.54) is 0 Å². The van der Waals surface area contributed by atoms with E-state index < -0.39 is 0 Å².